The molecule has 104 valence electrons. The van der Waals surface area contributed by atoms with Crippen LogP contribution >= 0.6 is 22.7 Å². The van der Waals surface area contributed by atoms with Gasteiger partial charge >= 0.3 is 0 Å². The standard InChI is InChI=1S/C16H21FS2/c1-15(2,3)13-8-11(10-18-13)9-16(4,5)12-6-7-14(17)19-12/h6-8,10H,9H2,1-5H3. The molecule has 0 saturated heterocycles. The minimum Gasteiger partial charge on any atom is -0.195 e. The third-order valence-electron chi connectivity index (χ3n) is 3.28. The van der Waals surface area contributed by atoms with Crippen LogP contribution < -0.4 is 0 Å². The summed E-state index contributed by atoms with van der Waals surface area (Å²) in [7, 11) is 0. The molecule has 0 fully saturated rings. The van der Waals surface area contributed by atoms with E-state index in [1.165, 1.54) is 21.8 Å². The van der Waals surface area contributed by atoms with Gasteiger partial charge in [-0.25, -0.2) is 0 Å². The van der Waals surface area contributed by atoms with Crippen molar-refractivity contribution in [3.63, 3.8) is 0 Å². The smallest absolute Gasteiger partial charge is 0.176 e. The Balaban J connectivity index is 2.18. The highest BCUT2D eigenvalue weighted by atomic mass is 32.1. The Morgan fingerprint density at radius 3 is 2.21 bits per heavy atom. The van der Waals surface area contributed by atoms with Gasteiger partial charge in [-0.1, -0.05) is 34.6 Å². The lowest BCUT2D eigenvalue weighted by molar-refractivity contribution is 0.533. The molecular formula is C16H21FS2. The number of thiophene rings is 2. The van der Waals surface area contributed by atoms with Gasteiger partial charge in [0.1, 0.15) is 0 Å². The van der Waals surface area contributed by atoms with Crippen molar-refractivity contribution in [2.75, 3.05) is 0 Å². The van der Waals surface area contributed by atoms with E-state index in [2.05, 4.69) is 46.1 Å². The summed E-state index contributed by atoms with van der Waals surface area (Å²) >= 11 is 3.09. The fourth-order valence-electron chi connectivity index (χ4n) is 2.14. The summed E-state index contributed by atoms with van der Waals surface area (Å²) in [6.07, 6.45) is 0.958. The highest BCUT2D eigenvalue weighted by Crippen LogP contribution is 2.35. The third kappa shape index (κ3) is 3.46. The van der Waals surface area contributed by atoms with Gasteiger partial charge in [-0.2, -0.15) is 4.39 Å². The summed E-state index contributed by atoms with van der Waals surface area (Å²) in [5.74, 6) is 0. The molecule has 2 aromatic rings. The summed E-state index contributed by atoms with van der Waals surface area (Å²) in [6.45, 7) is 11.1. The maximum absolute atomic E-state index is 13.2. The van der Waals surface area contributed by atoms with Crippen LogP contribution in [0.3, 0.4) is 0 Å². The first-order valence-electron chi connectivity index (χ1n) is 6.52. The van der Waals surface area contributed by atoms with Crippen molar-refractivity contribution in [2.45, 2.75) is 51.9 Å². The highest BCUT2D eigenvalue weighted by molar-refractivity contribution is 7.10. The molecule has 0 saturated carbocycles. The molecule has 2 rings (SSSR count). The molecule has 19 heavy (non-hydrogen) atoms. The lowest BCUT2D eigenvalue weighted by atomic mass is 9.84. The normalized spacial score (nSPS) is 12.9. The van der Waals surface area contributed by atoms with Gasteiger partial charge in [-0.15, -0.1) is 22.7 Å². The summed E-state index contributed by atoms with van der Waals surface area (Å²) < 4.78 is 13.2. The number of rotatable bonds is 3. The van der Waals surface area contributed by atoms with E-state index in [0.717, 1.165) is 11.3 Å². The average Bonchev–Trinajstić information content (AvgIpc) is 2.85. The lowest BCUT2D eigenvalue weighted by Crippen LogP contribution is -2.18. The molecule has 0 spiro atoms. The van der Waals surface area contributed by atoms with E-state index < -0.39 is 0 Å². The van der Waals surface area contributed by atoms with Crippen LogP contribution in [-0.4, -0.2) is 0 Å². The Morgan fingerprint density at radius 2 is 1.74 bits per heavy atom. The van der Waals surface area contributed by atoms with Gasteiger partial charge in [0.05, 0.1) is 0 Å². The molecule has 0 aliphatic carbocycles. The molecule has 2 aromatic heterocycles. The summed E-state index contributed by atoms with van der Waals surface area (Å²) in [4.78, 5) is 2.53. The maximum Gasteiger partial charge on any atom is 0.176 e. The van der Waals surface area contributed by atoms with Crippen molar-refractivity contribution in [1.29, 1.82) is 0 Å². The molecule has 0 N–H and O–H groups in total. The first kappa shape index (κ1) is 14.7. The largest absolute Gasteiger partial charge is 0.195 e. The Morgan fingerprint density at radius 1 is 1.05 bits per heavy atom. The van der Waals surface area contributed by atoms with E-state index in [-0.39, 0.29) is 16.0 Å². The molecule has 0 radical (unpaired) electrons. The van der Waals surface area contributed by atoms with Gasteiger partial charge in [-0.05, 0) is 41.0 Å². The van der Waals surface area contributed by atoms with E-state index in [1.54, 1.807) is 6.07 Å². The molecule has 0 atom stereocenters. The molecule has 0 amide bonds. The van der Waals surface area contributed by atoms with Crippen molar-refractivity contribution in [3.05, 3.63) is 44.0 Å². The Kier molecular flexibility index (Phi) is 3.90. The van der Waals surface area contributed by atoms with Crippen LogP contribution in [0.2, 0.25) is 0 Å². The molecule has 0 bridgehead atoms. The fraction of sp³-hybridized carbons (Fsp3) is 0.500. The van der Waals surface area contributed by atoms with Gasteiger partial charge in [-0.3, -0.25) is 0 Å². The van der Waals surface area contributed by atoms with Gasteiger partial charge in [0.2, 0.25) is 0 Å². The van der Waals surface area contributed by atoms with Gasteiger partial charge < -0.3 is 0 Å². The average molecular weight is 296 g/mol. The first-order chi connectivity index (χ1) is 8.68. The molecular weight excluding hydrogens is 275 g/mol. The van der Waals surface area contributed by atoms with Crippen LogP contribution in [0.4, 0.5) is 4.39 Å². The predicted molar refractivity (Wildman–Crippen MR) is 84.0 cm³/mol. The van der Waals surface area contributed by atoms with Crippen LogP contribution in [-0.2, 0) is 17.3 Å². The second-order valence-electron chi connectivity index (χ2n) is 6.73. The minimum atomic E-state index is -0.0937. The number of hydrogen-bond donors (Lipinski definition) is 0. The van der Waals surface area contributed by atoms with Crippen molar-refractivity contribution in [3.8, 4) is 0 Å². The van der Waals surface area contributed by atoms with E-state index in [4.69, 9.17) is 0 Å². The van der Waals surface area contributed by atoms with Crippen LogP contribution in [0.1, 0.15) is 49.9 Å². The molecule has 0 aromatic carbocycles. The lowest BCUT2D eigenvalue weighted by Gasteiger charge is -2.22. The predicted octanol–water partition coefficient (Wildman–Crippen LogP) is 5.77. The second-order valence-corrected chi connectivity index (χ2v) is 8.68. The topological polar surface area (TPSA) is 0 Å². The van der Waals surface area contributed by atoms with Crippen molar-refractivity contribution >= 4 is 22.7 Å². The van der Waals surface area contributed by atoms with Crippen LogP contribution in [0, 0.1) is 5.13 Å². The van der Waals surface area contributed by atoms with Crippen LogP contribution in [0.25, 0.3) is 0 Å². The molecule has 3 heteroatoms. The minimum absolute atomic E-state index is 0.00870. The zero-order valence-corrected chi connectivity index (χ0v) is 13.8. The summed E-state index contributed by atoms with van der Waals surface area (Å²) in [5.41, 5.74) is 1.56. The quantitative estimate of drug-likeness (QED) is 0.675. The first-order valence-corrected chi connectivity index (χ1v) is 8.22. The van der Waals surface area contributed by atoms with Crippen molar-refractivity contribution < 1.29 is 4.39 Å². The third-order valence-corrected chi connectivity index (χ3v) is 5.92. The van der Waals surface area contributed by atoms with E-state index >= 15 is 0 Å². The van der Waals surface area contributed by atoms with Crippen LogP contribution in [0.5, 0.6) is 0 Å². The zero-order chi connectivity index (χ0) is 14.3. The van der Waals surface area contributed by atoms with E-state index in [9.17, 15) is 4.39 Å². The Labute approximate surface area is 123 Å². The zero-order valence-electron chi connectivity index (χ0n) is 12.2. The van der Waals surface area contributed by atoms with Gasteiger partial charge in [0.25, 0.3) is 0 Å². The summed E-state index contributed by atoms with van der Waals surface area (Å²) in [6, 6.07) is 5.78. The van der Waals surface area contributed by atoms with Crippen molar-refractivity contribution in [1.82, 2.24) is 0 Å². The monoisotopic (exact) mass is 296 g/mol. The molecule has 0 nitrogen and oxygen atoms in total. The Bertz CT molecular complexity index is 555. The highest BCUT2D eigenvalue weighted by Gasteiger charge is 2.25. The van der Waals surface area contributed by atoms with E-state index in [1.807, 2.05) is 17.4 Å². The number of halogens is 1. The SMILES string of the molecule is CC(C)(C)c1cc(CC(C)(C)c2ccc(F)s2)cs1. The molecule has 0 aliphatic rings. The van der Waals surface area contributed by atoms with Gasteiger partial charge in [0.15, 0.2) is 5.13 Å². The van der Waals surface area contributed by atoms with Gasteiger partial charge in [0, 0.05) is 15.2 Å². The second kappa shape index (κ2) is 5.02. The number of hydrogen-bond acceptors (Lipinski definition) is 2. The molecule has 0 unspecified atom stereocenters. The van der Waals surface area contributed by atoms with Crippen LogP contribution in [0.15, 0.2) is 23.6 Å². The summed E-state index contributed by atoms with van der Waals surface area (Å²) in [5, 5.41) is 2.15. The maximum atomic E-state index is 13.2. The van der Waals surface area contributed by atoms with E-state index in [0.29, 0.717) is 0 Å². The Hall–Kier alpha value is -0.670. The molecule has 0 aliphatic heterocycles. The van der Waals surface area contributed by atoms with Crippen molar-refractivity contribution in [2.24, 2.45) is 0 Å². The molecule has 2 heterocycles. The fourth-order valence-corrected chi connectivity index (χ4v) is 3.97.